The fourth-order valence-corrected chi connectivity index (χ4v) is 16.1. The van der Waals surface area contributed by atoms with E-state index in [1.165, 1.54) is 26.9 Å². The van der Waals surface area contributed by atoms with Gasteiger partial charge < -0.3 is 0 Å². The average Bonchev–Trinajstić information content (AvgIpc) is 0.756. The lowest BCUT2D eigenvalue weighted by molar-refractivity contribution is 1.08. The molecule has 0 radical (unpaired) electrons. The molecule has 0 bridgehead atoms. The van der Waals surface area contributed by atoms with E-state index in [9.17, 15) is 0 Å². The van der Waals surface area contributed by atoms with E-state index in [4.69, 9.17) is 44.9 Å². The van der Waals surface area contributed by atoms with Gasteiger partial charge in [0.1, 0.15) is 0 Å². The van der Waals surface area contributed by atoms with Crippen molar-refractivity contribution in [3.63, 3.8) is 0 Å². The maximum Gasteiger partial charge on any atom is 0.165 e. The summed E-state index contributed by atoms with van der Waals surface area (Å²) in [4.78, 5) is 70.8. The topological polar surface area (TPSA) is 193 Å². The van der Waals surface area contributed by atoms with Gasteiger partial charge in [0.15, 0.2) is 52.4 Å². The Kier molecular flexibility index (Phi) is 17.5. The van der Waals surface area contributed by atoms with Gasteiger partial charge in [0.2, 0.25) is 0 Å². The summed E-state index contributed by atoms with van der Waals surface area (Å²) in [5, 5.41) is 26.9. The highest BCUT2D eigenvalue weighted by molar-refractivity contribution is 6.12. The first kappa shape index (κ1) is 70.0. The first-order valence-corrected chi connectivity index (χ1v) is 39.4. The minimum absolute atomic E-state index is 0.630. The Hall–Kier alpha value is -16.7. The molecule has 0 atom stereocenters. The van der Waals surface area contributed by atoms with E-state index >= 15 is 0 Å². The third kappa shape index (κ3) is 13.6. The second-order valence-electron chi connectivity index (χ2n) is 29.7. The molecule has 9 heterocycles. The summed E-state index contributed by atoms with van der Waals surface area (Å²) in [5.74, 6) is 5.72. The van der Waals surface area contributed by atoms with Gasteiger partial charge in [-0.05, 0) is 206 Å². The number of nitrogens with zero attached hydrogens (tertiary/aromatic N) is 15. The van der Waals surface area contributed by atoms with Crippen LogP contribution in [-0.2, 0) is 0 Å². The van der Waals surface area contributed by atoms with Gasteiger partial charge in [-0.15, -0.1) is 0 Å². The molecular formula is C105H63N15. The van der Waals surface area contributed by atoms with Crippen LogP contribution >= 0.6 is 0 Å². The number of benzene rings is 15. The molecule has 0 N–H and O–H groups in total. The summed E-state index contributed by atoms with van der Waals surface area (Å²) in [5.41, 5.74) is 8.51. The molecule has 0 unspecified atom stereocenters. The zero-order valence-electron chi connectivity index (χ0n) is 64.1. The highest BCUT2D eigenvalue weighted by Crippen LogP contribution is 2.40. The SMILES string of the molecule is c1ccc2c(-c3nc(-c4ccc5cnccc5c4)nc(-c4ccc5cnccc5c4)n3)c3ccccc3cc2c1.c1ccc2cc3c(-c4nc(-c5ccc6cnccc6c5)nc(-c5ccc6cnccc6c5)n4)cccc3cc2c1.c1ccc2cc3cc(-c4nc(-c5ccc6cnccc6c5)nc(-c5ccc6cnccc6c5)n4)ccc3cc2c1. The molecule has 0 spiro atoms. The lowest BCUT2D eigenvalue weighted by Gasteiger charge is -2.13. The van der Waals surface area contributed by atoms with Crippen molar-refractivity contribution in [3.8, 4) is 102 Å². The molecule has 15 heteroatoms. The highest BCUT2D eigenvalue weighted by atomic mass is 15.1. The Morgan fingerprint density at radius 2 is 0.358 bits per heavy atom. The van der Waals surface area contributed by atoms with Crippen LogP contribution in [0.3, 0.4) is 0 Å². The normalized spacial score (nSPS) is 11.5. The zero-order chi connectivity index (χ0) is 79.4. The molecule has 0 amide bonds. The van der Waals surface area contributed by atoms with Crippen LogP contribution in [0, 0.1) is 0 Å². The number of hydrogen-bond acceptors (Lipinski definition) is 15. The van der Waals surface area contributed by atoms with Crippen LogP contribution in [0.1, 0.15) is 0 Å². The standard InChI is InChI=1S/3C35H21N5/c1-3-7-30-24(5-1)19-25-6-2-4-8-31(25)32(30)35-39-33(26-9-11-28-20-36-15-13-22(28)17-26)38-34(40-35)27-10-12-29-21-37-16-14-23(29)18-27;1-2-5-23-19-32-26(16-22(23)4-1)6-3-7-31(32)35-39-33(27-8-10-29-20-36-14-12-24(29)17-27)38-34(40-35)28-9-11-30-21-37-15-13-25(30)18-28;1-2-4-23-18-32-19-29(6-5-24(32)15-22(23)3-1)35-39-33(27-7-9-30-20-36-13-11-25(30)16-27)38-34(40-35)28-8-10-31-21-37-14-12-26(31)17-28/h3*1-21H. The Balaban J connectivity index is 0.000000108. The average molecular weight is 1530 g/mol. The minimum Gasteiger partial charge on any atom is -0.264 e. The smallest absolute Gasteiger partial charge is 0.165 e. The van der Waals surface area contributed by atoms with Crippen LogP contribution in [0.4, 0.5) is 0 Å². The number of fused-ring (bicyclic) bond motifs is 12. The molecule has 24 rings (SSSR count). The molecule has 120 heavy (non-hydrogen) atoms. The summed E-state index contributed by atoms with van der Waals surface area (Å²) in [7, 11) is 0. The Morgan fingerprint density at radius 3 is 0.700 bits per heavy atom. The van der Waals surface area contributed by atoms with Crippen LogP contribution in [0.2, 0.25) is 0 Å². The third-order valence-corrected chi connectivity index (χ3v) is 22.2. The molecule has 9 aromatic heterocycles. The second-order valence-corrected chi connectivity index (χ2v) is 29.7. The van der Waals surface area contributed by atoms with Crippen molar-refractivity contribution in [1.82, 2.24) is 74.8 Å². The Morgan fingerprint density at radius 1 is 0.133 bits per heavy atom. The Labute approximate surface area is 686 Å². The van der Waals surface area contributed by atoms with E-state index in [-0.39, 0.29) is 0 Å². The van der Waals surface area contributed by atoms with Crippen LogP contribution in [-0.4, -0.2) is 74.8 Å². The number of rotatable bonds is 9. The van der Waals surface area contributed by atoms with E-state index < -0.39 is 0 Å². The van der Waals surface area contributed by atoms with Crippen LogP contribution in [0.25, 0.3) is 232 Å². The van der Waals surface area contributed by atoms with Crippen molar-refractivity contribution < 1.29 is 0 Å². The van der Waals surface area contributed by atoms with Gasteiger partial charge in [-0.1, -0.05) is 200 Å². The molecule has 15 nitrogen and oxygen atoms in total. The predicted molar refractivity (Wildman–Crippen MR) is 485 cm³/mol. The van der Waals surface area contributed by atoms with E-state index in [2.05, 4.69) is 291 Å². The number of pyridine rings is 6. The summed E-state index contributed by atoms with van der Waals surface area (Å²) in [6, 6.07) is 107. The predicted octanol–water partition coefficient (Wildman–Crippen LogP) is 24.8. The van der Waals surface area contributed by atoms with Gasteiger partial charge >= 0.3 is 0 Å². The first-order chi connectivity index (χ1) is 59.3. The largest absolute Gasteiger partial charge is 0.264 e. The fraction of sp³-hybridized carbons (Fsp3) is 0. The van der Waals surface area contributed by atoms with Crippen molar-refractivity contribution in [2.45, 2.75) is 0 Å². The van der Waals surface area contributed by atoms with Crippen LogP contribution in [0.15, 0.2) is 384 Å². The summed E-state index contributed by atoms with van der Waals surface area (Å²) >= 11 is 0. The molecule has 24 aromatic rings. The maximum atomic E-state index is 5.12. The zero-order valence-corrected chi connectivity index (χ0v) is 64.1. The highest BCUT2D eigenvalue weighted by Gasteiger charge is 2.21. The van der Waals surface area contributed by atoms with Crippen LogP contribution in [0.5, 0.6) is 0 Å². The third-order valence-electron chi connectivity index (χ3n) is 22.2. The van der Waals surface area contributed by atoms with Gasteiger partial charge in [0.05, 0.1) is 0 Å². The summed E-state index contributed by atoms with van der Waals surface area (Å²) in [6.07, 6.45) is 22.1. The van der Waals surface area contributed by atoms with Gasteiger partial charge in [0, 0.05) is 157 Å². The molecule has 0 saturated heterocycles. The summed E-state index contributed by atoms with van der Waals surface area (Å²) < 4.78 is 0. The maximum absolute atomic E-state index is 5.12. The molecule has 0 aliphatic rings. The molecule has 0 fully saturated rings. The van der Waals surface area contributed by atoms with E-state index in [1.807, 2.05) is 98.1 Å². The fourth-order valence-electron chi connectivity index (χ4n) is 16.1. The van der Waals surface area contributed by atoms with E-state index in [0.29, 0.717) is 52.4 Å². The lowest BCUT2D eigenvalue weighted by atomic mass is 9.96. The van der Waals surface area contributed by atoms with Crippen molar-refractivity contribution in [1.29, 1.82) is 0 Å². The van der Waals surface area contributed by atoms with E-state index in [0.717, 1.165) is 152 Å². The van der Waals surface area contributed by atoms with Gasteiger partial charge in [0.25, 0.3) is 0 Å². The molecule has 0 saturated carbocycles. The molecular weight excluding hydrogens is 1470 g/mol. The van der Waals surface area contributed by atoms with Crippen molar-refractivity contribution in [2.75, 3.05) is 0 Å². The lowest BCUT2D eigenvalue weighted by Crippen LogP contribution is -2.01. The Bertz CT molecular complexity index is 7860. The van der Waals surface area contributed by atoms with Crippen LogP contribution < -0.4 is 0 Å². The van der Waals surface area contributed by atoms with Gasteiger partial charge in [-0.25, -0.2) is 44.9 Å². The van der Waals surface area contributed by atoms with Gasteiger partial charge in [-0.3, -0.25) is 29.9 Å². The summed E-state index contributed by atoms with van der Waals surface area (Å²) in [6.45, 7) is 0. The minimum atomic E-state index is 0.630. The number of hydrogen-bond donors (Lipinski definition) is 0. The number of aromatic nitrogens is 15. The molecule has 15 aromatic carbocycles. The first-order valence-electron chi connectivity index (χ1n) is 39.4. The molecule has 558 valence electrons. The molecule has 0 aliphatic heterocycles. The monoisotopic (exact) mass is 1530 g/mol. The molecule has 0 aliphatic carbocycles. The van der Waals surface area contributed by atoms with Gasteiger partial charge in [-0.2, -0.15) is 0 Å². The van der Waals surface area contributed by atoms with Crippen molar-refractivity contribution >= 4 is 129 Å². The quantitative estimate of drug-likeness (QED) is 0.124. The van der Waals surface area contributed by atoms with E-state index in [1.54, 1.807) is 24.8 Å². The van der Waals surface area contributed by atoms with Crippen molar-refractivity contribution in [2.24, 2.45) is 0 Å². The van der Waals surface area contributed by atoms with Crippen molar-refractivity contribution in [3.05, 3.63) is 384 Å². The second kappa shape index (κ2) is 30.0.